The van der Waals surface area contributed by atoms with Crippen LogP contribution < -0.4 is 15.4 Å². The van der Waals surface area contributed by atoms with Crippen molar-refractivity contribution in [1.82, 2.24) is 4.90 Å². The van der Waals surface area contributed by atoms with Crippen molar-refractivity contribution in [3.63, 3.8) is 0 Å². The smallest absolute Gasteiger partial charge is 0.416 e. The Kier molecular flexibility index (Phi) is 6.27. The minimum absolute atomic E-state index is 0.0294. The van der Waals surface area contributed by atoms with Gasteiger partial charge in [0.25, 0.3) is 0 Å². The van der Waals surface area contributed by atoms with E-state index in [1.54, 1.807) is 12.1 Å². The van der Waals surface area contributed by atoms with Crippen LogP contribution in [-0.2, 0) is 22.2 Å². The maximum Gasteiger partial charge on any atom is 0.416 e. The Bertz CT molecular complexity index is 1190. The molecule has 5 rings (SSSR count). The van der Waals surface area contributed by atoms with E-state index in [0.29, 0.717) is 41.8 Å². The highest BCUT2D eigenvalue weighted by Gasteiger charge is 2.33. The lowest BCUT2D eigenvalue weighted by molar-refractivity contribution is -0.137. The number of allylic oxidation sites excluding steroid dienone is 1. The van der Waals surface area contributed by atoms with E-state index in [1.807, 2.05) is 6.07 Å². The number of ether oxygens (including phenoxy) is 1. The minimum atomic E-state index is -4.47. The second-order valence-corrected chi connectivity index (χ2v) is 9.14. The molecular formula is C26H26F3N3O3. The monoisotopic (exact) mass is 485 g/mol. The zero-order valence-electron chi connectivity index (χ0n) is 19.1. The Morgan fingerprint density at radius 1 is 1.11 bits per heavy atom. The molecule has 2 aromatic carbocycles. The van der Waals surface area contributed by atoms with Gasteiger partial charge < -0.3 is 15.4 Å². The first kappa shape index (κ1) is 23.4. The second-order valence-electron chi connectivity index (χ2n) is 9.14. The molecule has 2 aromatic rings. The van der Waals surface area contributed by atoms with Crippen LogP contribution in [0.25, 0.3) is 5.57 Å². The number of carbonyl (C=O) groups excluding carboxylic acids is 2. The maximum atomic E-state index is 13.1. The van der Waals surface area contributed by atoms with Crippen LogP contribution in [0.5, 0.6) is 5.75 Å². The number of halogens is 3. The van der Waals surface area contributed by atoms with E-state index in [-0.39, 0.29) is 24.3 Å². The molecular weight excluding hydrogens is 459 g/mol. The van der Waals surface area contributed by atoms with Gasteiger partial charge in [-0.2, -0.15) is 13.2 Å². The van der Waals surface area contributed by atoms with E-state index in [4.69, 9.17) is 4.74 Å². The van der Waals surface area contributed by atoms with Gasteiger partial charge in [0.1, 0.15) is 5.75 Å². The largest absolute Gasteiger partial charge is 0.493 e. The second kappa shape index (κ2) is 9.37. The van der Waals surface area contributed by atoms with E-state index in [0.717, 1.165) is 43.6 Å². The molecule has 35 heavy (non-hydrogen) atoms. The van der Waals surface area contributed by atoms with Crippen LogP contribution in [0.4, 0.5) is 24.5 Å². The standard InChI is InChI=1S/C26H26F3N3O3/c27-26(28,29)18-6-8-20-16(4-3-11-35-23(20)14-18)13-24(33)30-19-7-5-17-12-22(32-9-1-2-10-32)25(34)31-21(17)15-19/h5-8,13-15,22H,1-4,9-12H2,(H,30,33)(H,31,34)/b16-13+. The van der Waals surface area contributed by atoms with E-state index < -0.39 is 17.6 Å². The van der Waals surface area contributed by atoms with Crippen molar-refractivity contribution in [2.75, 3.05) is 30.3 Å². The van der Waals surface area contributed by atoms with Gasteiger partial charge in [-0.25, -0.2) is 0 Å². The first-order valence-corrected chi connectivity index (χ1v) is 11.8. The van der Waals surface area contributed by atoms with Crippen LogP contribution >= 0.6 is 0 Å². The lowest BCUT2D eigenvalue weighted by Crippen LogP contribution is -2.46. The number of amides is 2. The molecule has 3 aliphatic heterocycles. The number of anilines is 2. The van der Waals surface area contributed by atoms with Crippen molar-refractivity contribution >= 4 is 28.8 Å². The first-order chi connectivity index (χ1) is 16.8. The molecule has 1 unspecified atom stereocenters. The number of nitrogens with zero attached hydrogens (tertiary/aromatic N) is 1. The van der Waals surface area contributed by atoms with Gasteiger partial charge in [0.05, 0.1) is 18.2 Å². The number of benzene rings is 2. The highest BCUT2D eigenvalue weighted by molar-refractivity contribution is 6.05. The highest BCUT2D eigenvalue weighted by Crippen LogP contribution is 2.38. The Hall–Kier alpha value is -3.33. The molecule has 9 heteroatoms. The summed E-state index contributed by atoms with van der Waals surface area (Å²) in [5.74, 6) is -0.302. The third-order valence-corrected chi connectivity index (χ3v) is 6.74. The molecule has 1 atom stereocenters. The van der Waals surface area contributed by atoms with Crippen molar-refractivity contribution in [2.45, 2.75) is 44.3 Å². The third-order valence-electron chi connectivity index (χ3n) is 6.74. The molecule has 0 saturated carbocycles. The number of nitrogens with one attached hydrogen (secondary N) is 2. The number of carbonyl (C=O) groups is 2. The van der Waals surface area contributed by atoms with E-state index in [2.05, 4.69) is 15.5 Å². The summed E-state index contributed by atoms with van der Waals surface area (Å²) in [4.78, 5) is 27.6. The zero-order valence-corrected chi connectivity index (χ0v) is 19.1. The zero-order chi connectivity index (χ0) is 24.6. The van der Waals surface area contributed by atoms with Gasteiger partial charge in [-0.1, -0.05) is 12.1 Å². The van der Waals surface area contributed by atoms with Crippen LogP contribution in [0, 0.1) is 0 Å². The lowest BCUT2D eigenvalue weighted by atomic mass is 9.97. The molecule has 2 amide bonds. The molecule has 3 heterocycles. The topological polar surface area (TPSA) is 70.7 Å². The van der Waals surface area contributed by atoms with Crippen LogP contribution in [0.3, 0.4) is 0 Å². The van der Waals surface area contributed by atoms with Crippen molar-refractivity contribution in [3.8, 4) is 5.75 Å². The first-order valence-electron chi connectivity index (χ1n) is 11.8. The number of fused-ring (bicyclic) bond motifs is 2. The Morgan fingerprint density at radius 3 is 2.69 bits per heavy atom. The van der Waals surface area contributed by atoms with Crippen molar-refractivity contribution in [1.29, 1.82) is 0 Å². The van der Waals surface area contributed by atoms with Gasteiger partial charge in [0, 0.05) is 23.0 Å². The van der Waals surface area contributed by atoms with Gasteiger partial charge in [-0.15, -0.1) is 0 Å². The predicted octanol–water partition coefficient (Wildman–Crippen LogP) is 4.86. The van der Waals surface area contributed by atoms with Gasteiger partial charge in [-0.3, -0.25) is 14.5 Å². The average molecular weight is 486 g/mol. The van der Waals surface area contributed by atoms with Crippen molar-refractivity contribution < 1.29 is 27.5 Å². The summed E-state index contributed by atoms with van der Waals surface area (Å²) in [7, 11) is 0. The van der Waals surface area contributed by atoms with E-state index in [1.165, 1.54) is 12.1 Å². The summed E-state index contributed by atoms with van der Waals surface area (Å²) in [5.41, 5.74) is 2.55. The number of rotatable bonds is 3. The van der Waals surface area contributed by atoms with Crippen LogP contribution in [0.15, 0.2) is 42.5 Å². The van der Waals surface area contributed by atoms with E-state index >= 15 is 0 Å². The molecule has 184 valence electrons. The molecule has 0 spiro atoms. The molecule has 0 radical (unpaired) electrons. The number of alkyl halides is 3. The van der Waals surface area contributed by atoms with Gasteiger partial charge in [-0.05, 0) is 80.6 Å². The molecule has 0 aromatic heterocycles. The molecule has 6 nitrogen and oxygen atoms in total. The molecule has 0 bridgehead atoms. The number of hydrogen-bond acceptors (Lipinski definition) is 4. The molecule has 2 N–H and O–H groups in total. The van der Waals surface area contributed by atoms with Crippen LogP contribution in [0.2, 0.25) is 0 Å². The van der Waals surface area contributed by atoms with Crippen LogP contribution in [-0.4, -0.2) is 42.5 Å². The van der Waals surface area contributed by atoms with Gasteiger partial charge >= 0.3 is 6.18 Å². The summed E-state index contributed by atoms with van der Waals surface area (Å²) in [5, 5.41) is 5.77. The van der Waals surface area contributed by atoms with Gasteiger partial charge in [0.15, 0.2) is 0 Å². The van der Waals surface area contributed by atoms with Gasteiger partial charge in [0.2, 0.25) is 11.8 Å². The lowest BCUT2D eigenvalue weighted by Gasteiger charge is -2.31. The third kappa shape index (κ3) is 5.05. The minimum Gasteiger partial charge on any atom is -0.493 e. The number of hydrogen-bond donors (Lipinski definition) is 2. The fraction of sp³-hybridized carbons (Fsp3) is 0.385. The highest BCUT2D eigenvalue weighted by atomic mass is 19.4. The molecule has 1 saturated heterocycles. The quantitative estimate of drug-likeness (QED) is 0.610. The van der Waals surface area contributed by atoms with Crippen molar-refractivity contribution in [3.05, 3.63) is 59.2 Å². The van der Waals surface area contributed by atoms with Crippen LogP contribution in [0.1, 0.15) is 42.4 Å². The molecule has 3 aliphatic rings. The normalized spacial score (nSPS) is 21.5. The Labute approximate surface area is 201 Å². The summed E-state index contributed by atoms with van der Waals surface area (Å²) in [6, 6.07) is 8.62. The maximum absolute atomic E-state index is 13.1. The Balaban J connectivity index is 1.32. The van der Waals surface area contributed by atoms with Crippen molar-refractivity contribution in [2.24, 2.45) is 0 Å². The summed E-state index contributed by atoms with van der Waals surface area (Å²) in [6.07, 6.45) is 0.872. The summed E-state index contributed by atoms with van der Waals surface area (Å²) >= 11 is 0. The Morgan fingerprint density at radius 2 is 1.91 bits per heavy atom. The summed E-state index contributed by atoms with van der Waals surface area (Å²) < 4.78 is 44.8. The average Bonchev–Trinajstić information content (AvgIpc) is 3.27. The molecule has 1 fully saturated rings. The SMILES string of the molecule is O=C(/C=C1\CCCOc2cc(C(F)(F)F)ccc21)Nc1ccc2c(c1)NC(=O)C(N1CCCC1)C2. The fourth-order valence-electron chi connectivity index (χ4n) is 4.96. The molecule has 0 aliphatic carbocycles. The number of likely N-dealkylation sites (tertiary alicyclic amines) is 1. The fourth-order valence-corrected chi connectivity index (χ4v) is 4.96. The van der Waals surface area contributed by atoms with E-state index in [9.17, 15) is 22.8 Å². The predicted molar refractivity (Wildman–Crippen MR) is 126 cm³/mol. The summed E-state index contributed by atoms with van der Waals surface area (Å²) in [6.45, 7) is 2.14.